The molecule has 0 aromatic carbocycles. The maximum absolute atomic E-state index is 12.3. The largest absolute Gasteiger partial charge is 0.444 e. The van der Waals surface area contributed by atoms with Gasteiger partial charge < -0.3 is 25.2 Å². The van der Waals surface area contributed by atoms with Crippen molar-refractivity contribution in [3.63, 3.8) is 0 Å². The fourth-order valence-corrected chi connectivity index (χ4v) is 3.17. The van der Waals surface area contributed by atoms with Gasteiger partial charge in [0.25, 0.3) is 5.91 Å². The number of pyridine rings is 1. The molecule has 2 aliphatic rings. The molecule has 0 radical (unpaired) electrons. The van der Waals surface area contributed by atoms with E-state index in [-0.39, 0.29) is 42.0 Å². The molecule has 0 spiro atoms. The van der Waals surface area contributed by atoms with Crippen LogP contribution in [0.3, 0.4) is 0 Å². The topological polar surface area (TPSA) is 99.2 Å². The number of nitrogens with zero attached hydrogens (tertiary/aromatic N) is 4. The van der Waals surface area contributed by atoms with Crippen molar-refractivity contribution < 1.29 is 14.3 Å². The zero-order valence-corrected chi connectivity index (χ0v) is 19.4. The van der Waals surface area contributed by atoms with E-state index in [1.165, 1.54) is 0 Å². The number of aromatic nitrogens is 1. The zero-order valence-electron chi connectivity index (χ0n) is 17.1. The van der Waals surface area contributed by atoms with Crippen LogP contribution in [0.15, 0.2) is 29.5 Å². The summed E-state index contributed by atoms with van der Waals surface area (Å²) in [6.07, 6.45) is 2.90. The lowest BCUT2D eigenvalue weighted by atomic mass is 10.2. The number of fused-ring (bicyclic) bond motifs is 1. The summed E-state index contributed by atoms with van der Waals surface area (Å²) in [7, 11) is 0. The smallest absolute Gasteiger partial charge is 0.410 e. The van der Waals surface area contributed by atoms with Gasteiger partial charge in [-0.1, -0.05) is 0 Å². The summed E-state index contributed by atoms with van der Waals surface area (Å²) in [5.74, 6) is 0.677. The predicted molar refractivity (Wildman–Crippen MR) is 121 cm³/mol. The minimum absolute atomic E-state index is 0. The van der Waals surface area contributed by atoms with Crippen molar-refractivity contribution >= 4 is 41.9 Å². The van der Waals surface area contributed by atoms with Gasteiger partial charge in [-0.05, 0) is 32.9 Å². The first-order chi connectivity index (χ1) is 13.3. The van der Waals surface area contributed by atoms with Crippen LogP contribution in [-0.4, -0.2) is 83.7 Å². The Morgan fingerprint density at radius 2 is 2.07 bits per heavy atom. The number of hydrogen-bond acceptors (Lipinski definition) is 7. The van der Waals surface area contributed by atoms with Crippen molar-refractivity contribution in [3.05, 3.63) is 30.1 Å². The van der Waals surface area contributed by atoms with Gasteiger partial charge in [-0.2, -0.15) is 0 Å². The number of piperazine rings is 1. The number of ether oxygens (including phenoxy) is 1. The van der Waals surface area contributed by atoms with Crippen LogP contribution in [-0.2, 0) is 4.74 Å². The molecule has 1 fully saturated rings. The molecule has 0 bridgehead atoms. The van der Waals surface area contributed by atoms with Crippen molar-refractivity contribution in [1.29, 1.82) is 0 Å². The second kappa shape index (κ2) is 10.1. The molecule has 1 atom stereocenters. The number of guanidine groups is 1. The number of hydrogen-bond donors (Lipinski definition) is 2. The van der Waals surface area contributed by atoms with Crippen LogP contribution in [0.5, 0.6) is 0 Å². The average Bonchev–Trinajstić information content (AvgIpc) is 3.06. The van der Waals surface area contributed by atoms with Crippen LogP contribution in [0.2, 0.25) is 0 Å². The second-order valence-corrected chi connectivity index (χ2v) is 7.86. The Balaban J connectivity index is 0.00000300. The van der Waals surface area contributed by atoms with E-state index < -0.39 is 5.60 Å². The molecule has 2 N–H and O–H groups in total. The summed E-state index contributed by atoms with van der Waals surface area (Å²) >= 11 is 0. The number of carbonyl (C=O) groups excluding carboxylic acids is 2. The van der Waals surface area contributed by atoms with Gasteiger partial charge in [0, 0.05) is 45.1 Å². The molecule has 0 saturated carbocycles. The standard InChI is InChI=1S/C19H28N6O3.HI/c1-19(2,3)28-18(27)24-9-10-25-15(13-24)12-23-17(25)22-8-7-21-16(26)14-5-4-6-20-11-14;/h4-6,11,15H,7-10,12-13H2,1-3H3,(H,21,26)(H,22,23);1H. The Bertz CT molecular complexity index is 737. The Labute approximate surface area is 188 Å². The first-order valence-electron chi connectivity index (χ1n) is 9.54. The van der Waals surface area contributed by atoms with Crippen molar-refractivity contribution in [2.24, 2.45) is 4.99 Å². The summed E-state index contributed by atoms with van der Waals surface area (Å²) in [6, 6.07) is 3.62. The molecule has 1 unspecified atom stereocenters. The normalized spacial score (nSPS) is 18.3. The lowest BCUT2D eigenvalue weighted by Gasteiger charge is -2.39. The lowest BCUT2D eigenvalue weighted by Crippen LogP contribution is -2.57. The van der Waals surface area contributed by atoms with Gasteiger partial charge in [0.15, 0.2) is 5.96 Å². The Kier molecular flexibility index (Phi) is 8.05. The quantitative estimate of drug-likeness (QED) is 0.463. The highest BCUT2D eigenvalue weighted by atomic mass is 127. The molecule has 9 nitrogen and oxygen atoms in total. The summed E-state index contributed by atoms with van der Waals surface area (Å²) in [6.45, 7) is 9.21. The molecule has 2 aliphatic heterocycles. The van der Waals surface area contributed by atoms with Crippen molar-refractivity contribution in [2.75, 3.05) is 39.3 Å². The molecule has 160 valence electrons. The predicted octanol–water partition coefficient (Wildman–Crippen LogP) is 1.31. The maximum atomic E-state index is 12.3. The molecular formula is C19H29IN6O3. The Hall–Kier alpha value is -2.11. The second-order valence-electron chi connectivity index (χ2n) is 7.86. The zero-order chi connectivity index (χ0) is 20.1. The number of amides is 2. The minimum atomic E-state index is -0.493. The first kappa shape index (κ1) is 23.2. The number of aliphatic imine (C=N–C) groups is 1. The summed E-state index contributed by atoms with van der Waals surface area (Å²) in [5, 5.41) is 6.14. The third kappa shape index (κ3) is 6.44. The number of carbonyl (C=O) groups is 2. The van der Waals surface area contributed by atoms with Crippen molar-refractivity contribution in [3.8, 4) is 0 Å². The number of rotatable bonds is 4. The van der Waals surface area contributed by atoms with Crippen molar-refractivity contribution in [2.45, 2.75) is 32.4 Å². The summed E-state index contributed by atoms with van der Waals surface area (Å²) in [4.78, 5) is 36.7. The molecule has 29 heavy (non-hydrogen) atoms. The van der Waals surface area contributed by atoms with Crippen molar-refractivity contribution in [1.82, 2.24) is 25.4 Å². The molecule has 10 heteroatoms. The van der Waals surface area contributed by atoms with E-state index >= 15 is 0 Å². The third-order valence-corrected chi connectivity index (χ3v) is 4.48. The molecule has 1 aromatic rings. The van der Waals surface area contributed by atoms with Crippen LogP contribution in [0, 0.1) is 0 Å². The average molecular weight is 516 g/mol. The van der Waals surface area contributed by atoms with E-state index in [1.807, 2.05) is 20.8 Å². The van der Waals surface area contributed by atoms with Crippen LogP contribution in [0.1, 0.15) is 31.1 Å². The maximum Gasteiger partial charge on any atom is 0.410 e. The van der Waals surface area contributed by atoms with Gasteiger partial charge in [-0.3, -0.25) is 14.8 Å². The Morgan fingerprint density at radius 1 is 1.28 bits per heavy atom. The van der Waals surface area contributed by atoms with E-state index in [4.69, 9.17) is 4.74 Å². The van der Waals surface area contributed by atoms with Gasteiger partial charge in [-0.15, -0.1) is 24.0 Å². The molecule has 0 aliphatic carbocycles. The third-order valence-electron chi connectivity index (χ3n) is 4.48. The monoisotopic (exact) mass is 516 g/mol. The molecular weight excluding hydrogens is 487 g/mol. The molecule has 1 saturated heterocycles. The highest BCUT2D eigenvalue weighted by Gasteiger charge is 2.36. The Morgan fingerprint density at radius 3 is 2.76 bits per heavy atom. The number of halogens is 1. The first-order valence-corrected chi connectivity index (χ1v) is 9.54. The van der Waals surface area contributed by atoms with Gasteiger partial charge in [-0.25, -0.2) is 4.79 Å². The molecule has 2 amide bonds. The van der Waals surface area contributed by atoms with Gasteiger partial charge in [0.2, 0.25) is 0 Å². The molecule has 3 rings (SSSR count). The van der Waals surface area contributed by atoms with Crippen LogP contribution < -0.4 is 10.6 Å². The summed E-state index contributed by atoms with van der Waals surface area (Å²) < 4.78 is 5.46. The van der Waals surface area contributed by atoms with Gasteiger partial charge in [0.05, 0.1) is 18.2 Å². The van der Waals surface area contributed by atoms with Gasteiger partial charge in [0.1, 0.15) is 5.60 Å². The minimum Gasteiger partial charge on any atom is -0.444 e. The molecule has 3 heterocycles. The van der Waals surface area contributed by atoms with Crippen LogP contribution >= 0.6 is 24.0 Å². The fourth-order valence-electron chi connectivity index (χ4n) is 3.17. The SMILES string of the molecule is CC(C)(C)OC(=O)N1CCN2C(NCCNC(=O)c3cccnc3)=NCC2C1.I. The molecule has 1 aromatic heterocycles. The van der Waals surface area contributed by atoms with Crippen LogP contribution in [0.25, 0.3) is 0 Å². The fraction of sp³-hybridized carbons (Fsp3) is 0.579. The van der Waals surface area contributed by atoms with E-state index in [1.54, 1.807) is 29.4 Å². The van der Waals surface area contributed by atoms with E-state index in [0.29, 0.717) is 44.8 Å². The number of nitrogens with one attached hydrogen (secondary N) is 2. The summed E-state index contributed by atoms with van der Waals surface area (Å²) in [5.41, 5.74) is 0.0481. The highest BCUT2D eigenvalue weighted by molar-refractivity contribution is 14.0. The highest BCUT2D eigenvalue weighted by Crippen LogP contribution is 2.18. The van der Waals surface area contributed by atoms with Crippen LogP contribution in [0.4, 0.5) is 4.79 Å². The van der Waals surface area contributed by atoms with E-state index in [0.717, 1.165) is 5.96 Å². The van der Waals surface area contributed by atoms with E-state index in [2.05, 4.69) is 25.5 Å². The lowest BCUT2D eigenvalue weighted by molar-refractivity contribution is 0.0137. The van der Waals surface area contributed by atoms with Gasteiger partial charge >= 0.3 is 6.09 Å². The van der Waals surface area contributed by atoms with E-state index in [9.17, 15) is 9.59 Å².